The van der Waals surface area contributed by atoms with Crippen LogP contribution in [0, 0.1) is 17.8 Å². The smallest absolute Gasteiger partial charge is 0.232 e. The maximum Gasteiger partial charge on any atom is 0.232 e. The summed E-state index contributed by atoms with van der Waals surface area (Å²) in [6.45, 7) is 3.09. The third kappa shape index (κ3) is 3.62. The molecule has 0 saturated heterocycles. The highest BCUT2D eigenvalue weighted by atomic mass is 16.2. The monoisotopic (exact) mass is 355 g/mol. The second kappa shape index (κ2) is 7.01. The lowest BCUT2D eigenvalue weighted by Crippen LogP contribution is -2.60. The van der Waals surface area contributed by atoms with E-state index in [-0.39, 0.29) is 23.8 Å². The van der Waals surface area contributed by atoms with Gasteiger partial charge in [0.1, 0.15) is 6.42 Å². The van der Waals surface area contributed by atoms with Crippen LogP contribution < -0.4 is 5.32 Å². The zero-order valence-corrected chi connectivity index (χ0v) is 15.6. The number of aromatic nitrogens is 1. The molecule has 5 heteroatoms. The van der Waals surface area contributed by atoms with Crippen molar-refractivity contribution in [2.24, 2.45) is 17.8 Å². The van der Waals surface area contributed by atoms with Crippen LogP contribution in [-0.4, -0.2) is 33.8 Å². The largest absolute Gasteiger partial charge is 0.350 e. The van der Waals surface area contributed by atoms with Crippen LogP contribution in [0.4, 0.5) is 0 Å². The Morgan fingerprint density at radius 2 is 1.69 bits per heavy atom. The highest BCUT2D eigenvalue weighted by Crippen LogP contribution is 2.55. The molecule has 1 N–H and O–H groups in total. The number of pyridine rings is 1. The summed E-state index contributed by atoms with van der Waals surface area (Å²) in [5, 5.41) is 3.30. The SMILES string of the molecule is CCN(Cc1ccncc1)C(=O)CC(=O)NC12CC3CC(CC(C3)C1)C2. The van der Waals surface area contributed by atoms with Crippen molar-refractivity contribution in [1.29, 1.82) is 0 Å². The van der Waals surface area contributed by atoms with Gasteiger partial charge in [0.05, 0.1) is 0 Å². The molecular formula is C21H29N3O2. The Labute approximate surface area is 155 Å². The molecule has 26 heavy (non-hydrogen) atoms. The van der Waals surface area contributed by atoms with Gasteiger partial charge in [-0.25, -0.2) is 0 Å². The lowest BCUT2D eigenvalue weighted by Gasteiger charge is -2.56. The lowest BCUT2D eigenvalue weighted by atomic mass is 9.53. The molecule has 1 heterocycles. The maximum atomic E-state index is 12.6. The van der Waals surface area contributed by atoms with Crippen LogP contribution in [0.2, 0.25) is 0 Å². The molecule has 0 aromatic carbocycles. The predicted octanol–water partition coefficient (Wildman–Crippen LogP) is 2.91. The lowest BCUT2D eigenvalue weighted by molar-refractivity contribution is -0.138. The molecule has 4 bridgehead atoms. The second-order valence-corrected chi connectivity index (χ2v) is 8.69. The second-order valence-electron chi connectivity index (χ2n) is 8.69. The van der Waals surface area contributed by atoms with Crippen LogP contribution in [0.15, 0.2) is 24.5 Å². The summed E-state index contributed by atoms with van der Waals surface area (Å²) in [4.78, 5) is 31.0. The van der Waals surface area contributed by atoms with Gasteiger partial charge in [-0.15, -0.1) is 0 Å². The molecule has 0 radical (unpaired) electrons. The van der Waals surface area contributed by atoms with Crippen LogP contribution in [-0.2, 0) is 16.1 Å². The number of rotatable bonds is 6. The molecule has 1 aromatic rings. The minimum absolute atomic E-state index is 0.0196. The van der Waals surface area contributed by atoms with Crippen molar-refractivity contribution in [3.05, 3.63) is 30.1 Å². The zero-order chi connectivity index (χ0) is 18.1. The number of amides is 2. The van der Waals surface area contributed by atoms with E-state index in [9.17, 15) is 9.59 Å². The summed E-state index contributed by atoms with van der Waals surface area (Å²) in [5.74, 6) is 2.18. The Balaban J connectivity index is 1.34. The van der Waals surface area contributed by atoms with E-state index in [0.29, 0.717) is 13.1 Å². The molecule has 140 valence electrons. The van der Waals surface area contributed by atoms with Crippen LogP contribution >= 0.6 is 0 Å². The minimum atomic E-state index is -0.0925. The van der Waals surface area contributed by atoms with Gasteiger partial charge >= 0.3 is 0 Å². The number of hydrogen-bond donors (Lipinski definition) is 1. The molecule has 1 aromatic heterocycles. The van der Waals surface area contributed by atoms with E-state index >= 15 is 0 Å². The number of hydrogen-bond acceptors (Lipinski definition) is 3. The molecule has 0 unspecified atom stereocenters. The van der Waals surface area contributed by atoms with E-state index in [2.05, 4.69) is 10.3 Å². The molecule has 4 aliphatic carbocycles. The first-order chi connectivity index (χ1) is 12.5. The molecule has 0 aliphatic heterocycles. The standard InChI is InChI=1S/C21H29N3O2/c1-2-24(14-15-3-5-22-6-4-15)20(26)10-19(25)23-21-11-16-7-17(12-21)9-18(8-16)13-21/h3-6,16-18H,2,7-14H2,1H3,(H,23,25). The summed E-state index contributed by atoms with van der Waals surface area (Å²) >= 11 is 0. The van der Waals surface area contributed by atoms with E-state index < -0.39 is 0 Å². The number of nitrogens with one attached hydrogen (secondary N) is 1. The highest BCUT2D eigenvalue weighted by molar-refractivity contribution is 5.97. The Bertz CT molecular complexity index is 638. The van der Waals surface area contributed by atoms with Crippen LogP contribution in [0.5, 0.6) is 0 Å². The number of nitrogens with zero attached hydrogens (tertiary/aromatic N) is 2. The van der Waals surface area contributed by atoms with Gasteiger partial charge in [0.25, 0.3) is 0 Å². The van der Waals surface area contributed by atoms with Gasteiger partial charge in [0.15, 0.2) is 0 Å². The Hall–Kier alpha value is -1.91. The van der Waals surface area contributed by atoms with E-state index in [1.54, 1.807) is 17.3 Å². The molecule has 5 rings (SSSR count). The topological polar surface area (TPSA) is 62.3 Å². The van der Waals surface area contributed by atoms with Gasteiger partial charge < -0.3 is 10.2 Å². The van der Waals surface area contributed by atoms with Crippen LogP contribution in [0.25, 0.3) is 0 Å². The Morgan fingerprint density at radius 3 is 2.23 bits per heavy atom. The highest BCUT2D eigenvalue weighted by Gasteiger charge is 2.51. The molecule has 0 atom stereocenters. The van der Waals surface area contributed by atoms with Gasteiger partial charge in [-0.05, 0) is 80.9 Å². The molecular weight excluding hydrogens is 326 g/mol. The van der Waals surface area contributed by atoms with Crippen LogP contribution in [0.1, 0.15) is 57.4 Å². The third-order valence-corrected chi connectivity index (χ3v) is 6.61. The normalized spacial score (nSPS) is 31.7. The average molecular weight is 355 g/mol. The third-order valence-electron chi connectivity index (χ3n) is 6.61. The van der Waals surface area contributed by atoms with Gasteiger partial charge in [-0.3, -0.25) is 14.6 Å². The Morgan fingerprint density at radius 1 is 1.12 bits per heavy atom. The van der Waals surface area contributed by atoms with Gasteiger partial charge in [-0.1, -0.05) is 0 Å². The van der Waals surface area contributed by atoms with Crippen molar-refractivity contribution >= 4 is 11.8 Å². The molecule has 2 amide bonds. The first-order valence-electron chi connectivity index (χ1n) is 10.0. The minimum Gasteiger partial charge on any atom is -0.350 e. The quantitative estimate of drug-likeness (QED) is 0.798. The number of carbonyl (C=O) groups is 2. The van der Waals surface area contributed by atoms with Gasteiger partial charge in [-0.2, -0.15) is 0 Å². The zero-order valence-electron chi connectivity index (χ0n) is 15.6. The fraction of sp³-hybridized carbons (Fsp3) is 0.667. The fourth-order valence-corrected chi connectivity index (χ4v) is 5.94. The van der Waals surface area contributed by atoms with Crippen molar-refractivity contribution in [3.63, 3.8) is 0 Å². The van der Waals surface area contributed by atoms with Crippen molar-refractivity contribution < 1.29 is 9.59 Å². The summed E-state index contributed by atoms with van der Waals surface area (Å²) < 4.78 is 0. The predicted molar refractivity (Wildman–Crippen MR) is 99.0 cm³/mol. The first-order valence-corrected chi connectivity index (χ1v) is 10.0. The van der Waals surface area contributed by atoms with E-state index in [1.807, 2.05) is 19.1 Å². The van der Waals surface area contributed by atoms with E-state index in [1.165, 1.54) is 19.3 Å². The Kier molecular flexibility index (Phi) is 4.72. The van der Waals surface area contributed by atoms with Crippen molar-refractivity contribution in [2.75, 3.05) is 6.54 Å². The first kappa shape index (κ1) is 17.5. The van der Waals surface area contributed by atoms with E-state index in [4.69, 9.17) is 0 Å². The summed E-state index contributed by atoms with van der Waals surface area (Å²) in [7, 11) is 0. The van der Waals surface area contributed by atoms with Crippen LogP contribution in [0.3, 0.4) is 0 Å². The summed E-state index contributed by atoms with van der Waals surface area (Å²) in [5.41, 5.74) is 1.02. The van der Waals surface area contributed by atoms with E-state index in [0.717, 1.165) is 42.6 Å². The molecule has 5 nitrogen and oxygen atoms in total. The summed E-state index contributed by atoms with van der Waals surface area (Å²) in [6, 6.07) is 3.82. The van der Waals surface area contributed by atoms with Crippen molar-refractivity contribution in [2.45, 2.75) is 64.0 Å². The molecule has 4 saturated carbocycles. The molecule has 0 spiro atoms. The summed E-state index contributed by atoms with van der Waals surface area (Å²) in [6.07, 6.45) is 10.8. The van der Waals surface area contributed by atoms with Gasteiger partial charge in [0, 0.05) is 31.0 Å². The number of carbonyl (C=O) groups excluding carboxylic acids is 2. The van der Waals surface area contributed by atoms with Crippen molar-refractivity contribution in [3.8, 4) is 0 Å². The average Bonchev–Trinajstić information content (AvgIpc) is 2.58. The van der Waals surface area contributed by atoms with Gasteiger partial charge in [0.2, 0.25) is 11.8 Å². The van der Waals surface area contributed by atoms with Crippen molar-refractivity contribution in [1.82, 2.24) is 15.2 Å². The fourth-order valence-electron chi connectivity index (χ4n) is 5.94. The molecule has 4 fully saturated rings. The molecule has 4 aliphatic rings. The maximum absolute atomic E-state index is 12.6.